The van der Waals surface area contributed by atoms with Gasteiger partial charge in [-0.3, -0.25) is 9.59 Å². The highest BCUT2D eigenvalue weighted by molar-refractivity contribution is 6.04. The topological polar surface area (TPSA) is 102 Å². The Morgan fingerprint density at radius 1 is 1.00 bits per heavy atom. The van der Waals surface area contributed by atoms with Crippen molar-refractivity contribution in [2.24, 2.45) is 5.92 Å². The number of anilines is 2. The van der Waals surface area contributed by atoms with Gasteiger partial charge in [0, 0.05) is 17.7 Å². The van der Waals surface area contributed by atoms with Gasteiger partial charge in [-0.25, -0.2) is 9.48 Å². The molecule has 8 heteroatoms. The first-order valence-corrected chi connectivity index (χ1v) is 9.51. The van der Waals surface area contributed by atoms with Crippen molar-refractivity contribution in [1.82, 2.24) is 9.78 Å². The van der Waals surface area contributed by atoms with Gasteiger partial charge in [0.1, 0.15) is 5.82 Å². The summed E-state index contributed by atoms with van der Waals surface area (Å²) in [5.41, 5.74) is 1.60. The molecule has 0 spiro atoms. The van der Waals surface area contributed by atoms with E-state index in [0.717, 1.165) is 18.5 Å². The fraction of sp³-hybridized carbons (Fsp3) is 0.182. The molecule has 152 valence electrons. The Balaban J connectivity index is 1.60. The lowest BCUT2D eigenvalue weighted by Gasteiger charge is -2.08. The molecule has 0 bridgehead atoms. The largest absolute Gasteiger partial charge is 0.465 e. The minimum Gasteiger partial charge on any atom is -0.465 e. The fourth-order valence-electron chi connectivity index (χ4n) is 2.96. The second kappa shape index (κ2) is 8.20. The maximum atomic E-state index is 12.8. The Bertz CT molecular complexity index is 1100. The first-order valence-electron chi connectivity index (χ1n) is 9.51. The van der Waals surface area contributed by atoms with Crippen LogP contribution in [-0.2, 0) is 9.53 Å². The summed E-state index contributed by atoms with van der Waals surface area (Å²) in [7, 11) is 1.29. The van der Waals surface area contributed by atoms with Crippen LogP contribution < -0.4 is 10.6 Å². The van der Waals surface area contributed by atoms with Gasteiger partial charge in [-0.15, -0.1) is 0 Å². The molecular weight excluding hydrogens is 384 g/mol. The maximum Gasteiger partial charge on any atom is 0.337 e. The molecule has 1 aromatic heterocycles. The summed E-state index contributed by atoms with van der Waals surface area (Å²) in [5.74, 6) is -0.600. The number of methoxy groups -OCH3 is 1. The lowest BCUT2D eigenvalue weighted by molar-refractivity contribution is -0.117. The third-order valence-corrected chi connectivity index (χ3v) is 4.68. The van der Waals surface area contributed by atoms with E-state index in [4.69, 9.17) is 4.74 Å². The first-order chi connectivity index (χ1) is 14.5. The van der Waals surface area contributed by atoms with E-state index >= 15 is 0 Å². The van der Waals surface area contributed by atoms with Crippen molar-refractivity contribution in [3.8, 4) is 5.69 Å². The number of benzene rings is 2. The number of para-hydroxylation sites is 1. The minimum atomic E-state index is -0.496. The quantitative estimate of drug-likeness (QED) is 0.614. The Kier molecular flexibility index (Phi) is 5.30. The molecule has 1 aliphatic carbocycles. The van der Waals surface area contributed by atoms with Gasteiger partial charge in [0.15, 0.2) is 5.69 Å². The Morgan fingerprint density at radius 2 is 1.77 bits per heavy atom. The number of hydrogen-bond acceptors (Lipinski definition) is 5. The van der Waals surface area contributed by atoms with Crippen LogP contribution in [0.25, 0.3) is 5.69 Å². The summed E-state index contributed by atoms with van der Waals surface area (Å²) in [6.45, 7) is 0. The summed E-state index contributed by atoms with van der Waals surface area (Å²) in [4.78, 5) is 36.7. The van der Waals surface area contributed by atoms with E-state index in [2.05, 4.69) is 15.7 Å². The average Bonchev–Trinajstić information content (AvgIpc) is 3.54. The van der Waals surface area contributed by atoms with E-state index in [9.17, 15) is 14.4 Å². The van der Waals surface area contributed by atoms with Crippen LogP contribution in [0.2, 0.25) is 0 Å². The zero-order valence-corrected chi connectivity index (χ0v) is 16.3. The summed E-state index contributed by atoms with van der Waals surface area (Å²) < 4.78 is 6.23. The van der Waals surface area contributed by atoms with E-state index in [0.29, 0.717) is 17.1 Å². The summed E-state index contributed by atoms with van der Waals surface area (Å²) >= 11 is 0. The van der Waals surface area contributed by atoms with Crippen molar-refractivity contribution in [1.29, 1.82) is 0 Å². The van der Waals surface area contributed by atoms with E-state index in [1.165, 1.54) is 23.9 Å². The van der Waals surface area contributed by atoms with Crippen molar-refractivity contribution in [3.05, 3.63) is 71.9 Å². The Labute approximate surface area is 172 Å². The minimum absolute atomic E-state index is 0.0162. The molecule has 8 nitrogen and oxygen atoms in total. The monoisotopic (exact) mass is 404 g/mol. The molecule has 30 heavy (non-hydrogen) atoms. The Hall–Kier alpha value is -3.94. The second-order valence-corrected chi connectivity index (χ2v) is 6.95. The van der Waals surface area contributed by atoms with Crippen LogP contribution in [0.15, 0.2) is 60.7 Å². The smallest absolute Gasteiger partial charge is 0.337 e. The van der Waals surface area contributed by atoms with E-state index in [1.807, 2.05) is 30.3 Å². The van der Waals surface area contributed by atoms with Crippen molar-refractivity contribution < 1.29 is 19.1 Å². The molecule has 2 aromatic carbocycles. The number of nitrogens with one attached hydrogen (secondary N) is 2. The predicted octanol–water partition coefficient (Wildman–Crippen LogP) is 3.26. The van der Waals surface area contributed by atoms with Crippen molar-refractivity contribution in [2.75, 3.05) is 17.7 Å². The molecule has 0 radical (unpaired) electrons. The molecule has 0 atom stereocenters. The summed E-state index contributed by atoms with van der Waals surface area (Å²) in [5, 5.41) is 9.97. The number of carbonyl (C=O) groups is 3. The first kappa shape index (κ1) is 19.4. The molecular formula is C22H20N4O4. The highest BCUT2D eigenvalue weighted by Crippen LogP contribution is 2.30. The fourth-order valence-corrected chi connectivity index (χ4v) is 2.96. The van der Waals surface area contributed by atoms with Gasteiger partial charge in [0.25, 0.3) is 5.91 Å². The number of rotatable bonds is 6. The van der Waals surface area contributed by atoms with Crippen LogP contribution in [0.3, 0.4) is 0 Å². The van der Waals surface area contributed by atoms with Crippen molar-refractivity contribution in [3.63, 3.8) is 0 Å². The van der Waals surface area contributed by atoms with E-state index in [-0.39, 0.29) is 17.5 Å². The third kappa shape index (κ3) is 4.22. The number of amides is 2. The zero-order chi connectivity index (χ0) is 21.1. The molecule has 1 fully saturated rings. The van der Waals surface area contributed by atoms with Crippen LogP contribution in [0, 0.1) is 5.92 Å². The highest BCUT2D eigenvalue weighted by Gasteiger charge is 2.30. The average molecular weight is 404 g/mol. The highest BCUT2D eigenvalue weighted by atomic mass is 16.5. The molecule has 2 amide bonds. The Morgan fingerprint density at radius 3 is 2.47 bits per heavy atom. The van der Waals surface area contributed by atoms with Gasteiger partial charge in [0.2, 0.25) is 5.91 Å². The van der Waals surface area contributed by atoms with E-state index in [1.54, 1.807) is 18.2 Å². The molecule has 4 rings (SSSR count). The number of nitrogens with zero attached hydrogens (tertiary/aromatic N) is 2. The van der Waals surface area contributed by atoms with Gasteiger partial charge >= 0.3 is 5.97 Å². The summed E-state index contributed by atoms with van der Waals surface area (Å²) in [6, 6.07) is 17.2. The maximum absolute atomic E-state index is 12.8. The van der Waals surface area contributed by atoms with Gasteiger partial charge < -0.3 is 15.4 Å². The number of hydrogen-bond donors (Lipinski definition) is 2. The molecule has 0 aliphatic heterocycles. The lowest BCUT2D eigenvalue weighted by atomic mass is 10.2. The molecule has 1 saturated carbocycles. The molecule has 1 heterocycles. The van der Waals surface area contributed by atoms with Gasteiger partial charge in [-0.05, 0) is 43.2 Å². The van der Waals surface area contributed by atoms with Crippen molar-refractivity contribution in [2.45, 2.75) is 12.8 Å². The van der Waals surface area contributed by atoms with Crippen LogP contribution in [0.5, 0.6) is 0 Å². The number of carbonyl (C=O) groups excluding carboxylic acids is 3. The molecule has 0 saturated heterocycles. The number of ether oxygens (including phenoxy) is 1. The third-order valence-electron chi connectivity index (χ3n) is 4.68. The van der Waals surface area contributed by atoms with Crippen LogP contribution in [0.4, 0.5) is 11.5 Å². The van der Waals surface area contributed by atoms with E-state index < -0.39 is 11.9 Å². The lowest BCUT2D eigenvalue weighted by Crippen LogP contribution is -2.16. The zero-order valence-electron chi connectivity index (χ0n) is 16.3. The van der Waals surface area contributed by atoms with Crippen LogP contribution >= 0.6 is 0 Å². The second-order valence-electron chi connectivity index (χ2n) is 6.95. The van der Waals surface area contributed by atoms with Crippen molar-refractivity contribution >= 4 is 29.3 Å². The van der Waals surface area contributed by atoms with Gasteiger partial charge in [-0.2, -0.15) is 5.10 Å². The normalized spacial score (nSPS) is 12.8. The molecule has 0 unspecified atom stereocenters. The number of esters is 1. The van der Waals surface area contributed by atoms with Crippen LogP contribution in [0.1, 0.15) is 33.7 Å². The van der Waals surface area contributed by atoms with Gasteiger partial charge in [-0.1, -0.05) is 24.3 Å². The molecule has 1 aliphatic rings. The number of aromatic nitrogens is 2. The molecule has 3 aromatic rings. The SMILES string of the molecule is COC(=O)c1cccc(NC(=O)c2cc(NC(=O)C3CC3)n(-c3ccccc3)n2)c1. The standard InChI is InChI=1S/C22H20N4O4/c1-30-22(29)15-6-5-7-16(12-15)23-21(28)18-13-19(24-20(27)14-10-11-14)26(25-18)17-8-3-2-4-9-17/h2-9,12-14H,10-11H2,1H3,(H,23,28)(H,24,27). The van der Waals surface area contributed by atoms with Gasteiger partial charge in [0.05, 0.1) is 18.4 Å². The molecule has 2 N–H and O–H groups in total. The van der Waals surface area contributed by atoms with Crippen LogP contribution in [-0.4, -0.2) is 34.7 Å². The predicted molar refractivity (Wildman–Crippen MR) is 111 cm³/mol. The summed E-state index contributed by atoms with van der Waals surface area (Å²) in [6.07, 6.45) is 1.74.